The molecule has 0 radical (unpaired) electrons. The molecule has 0 N–H and O–H groups in total. The fourth-order valence-corrected chi connectivity index (χ4v) is 1.91. The zero-order valence-electron chi connectivity index (χ0n) is 9.08. The lowest BCUT2D eigenvalue weighted by atomic mass is 9.98. The number of halogens is 3. The van der Waals surface area contributed by atoms with Gasteiger partial charge in [0, 0.05) is 5.56 Å². The molecule has 0 fully saturated rings. The number of benzene rings is 1. The highest BCUT2D eigenvalue weighted by atomic mass is 79.9. The molecule has 1 unspecified atom stereocenters. The molecule has 1 atom stereocenters. The quantitative estimate of drug-likeness (QED) is 0.795. The van der Waals surface area contributed by atoms with E-state index in [1.807, 2.05) is 6.07 Å². The highest BCUT2D eigenvalue weighted by Crippen LogP contribution is 2.30. The van der Waals surface area contributed by atoms with Gasteiger partial charge in [0.15, 0.2) is 0 Å². The molecule has 0 aliphatic heterocycles. The van der Waals surface area contributed by atoms with Crippen molar-refractivity contribution < 1.29 is 13.6 Å². The molecule has 2 nitrogen and oxygen atoms in total. The Hall–Kier alpha value is -1.28. The van der Waals surface area contributed by atoms with Gasteiger partial charge in [0.1, 0.15) is 5.78 Å². The van der Waals surface area contributed by atoms with Crippen molar-refractivity contribution in [2.24, 2.45) is 0 Å². The van der Waals surface area contributed by atoms with Crippen LogP contribution in [-0.2, 0) is 11.2 Å². The molecule has 0 aliphatic carbocycles. The number of Topliss-reactive ketones (excluding diaryl/α,β-unsaturated/α-hetero) is 1. The third-order valence-electron chi connectivity index (χ3n) is 2.32. The number of hydrogen-bond donors (Lipinski definition) is 0. The zero-order chi connectivity index (χ0) is 13.0. The lowest BCUT2D eigenvalue weighted by Gasteiger charge is -2.12. The van der Waals surface area contributed by atoms with Crippen LogP contribution in [0.5, 0.6) is 0 Å². The van der Waals surface area contributed by atoms with E-state index >= 15 is 0 Å². The summed E-state index contributed by atoms with van der Waals surface area (Å²) in [7, 11) is 0. The van der Waals surface area contributed by atoms with E-state index in [9.17, 15) is 13.6 Å². The topological polar surface area (TPSA) is 40.9 Å². The van der Waals surface area contributed by atoms with Gasteiger partial charge in [0.05, 0.1) is 17.3 Å². The van der Waals surface area contributed by atoms with Crippen molar-refractivity contribution in [3.05, 3.63) is 34.9 Å². The molecule has 1 aromatic rings. The van der Waals surface area contributed by atoms with Gasteiger partial charge < -0.3 is 0 Å². The average Bonchev–Trinajstić information content (AvgIpc) is 2.28. The Morgan fingerprint density at radius 2 is 2.18 bits per heavy atom. The first-order valence-electron chi connectivity index (χ1n) is 4.89. The molecule has 0 amide bonds. The van der Waals surface area contributed by atoms with E-state index < -0.39 is 11.3 Å². The largest absolute Gasteiger partial charge is 0.298 e. The summed E-state index contributed by atoms with van der Waals surface area (Å²) in [6.07, 6.45) is -2.57. The SMILES string of the molecule is CC(=O)C(Br)c1ccc(C(F)F)cc1CC#N. The van der Waals surface area contributed by atoms with Crippen LogP contribution < -0.4 is 0 Å². The van der Waals surface area contributed by atoms with E-state index in [1.54, 1.807) is 0 Å². The Kier molecular flexibility index (Phi) is 4.76. The molecule has 0 spiro atoms. The summed E-state index contributed by atoms with van der Waals surface area (Å²) < 4.78 is 25.0. The predicted octanol–water partition coefficient (Wildman–Crippen LogP) is 3.72. The molecular formula is C12H10BrF2NO. The van der Waals surface area contributed by atoms with E-state index in [1.165, 1.54) is 25.1 Å². The Morgan fingerprint density at radius 1 is 1.53 bits per heavy atom. The van der Waals surface area contributed by atoms with Crippen molar-refractivity contribution in [2.75, 3.05) is 0 Å². The van der Waals surface area contributed by atoms with Crippen LogP contribution in [0.1, 0.15) is 34.9 Å². The summed E-state index contributed by atoms with van der Waals surface area (Å²) in [5, 5.41) is 8.66. The highest BCUT2D eigenvalue weighted by molar-refractivity contribution is 9.09. The molecule has 90 valence electrons. The fourth-order valence-electron chi connectivity index (χ4n) is 1.47. The van der Waals surface area contributed by atoms with Crippen molar-refractivity contribution in [1.29, 1.82) is 5.26 Å². The molecule has 0 aromatic heterocycles. The first-order chi connectivity index (χ1) is 7.97. The first kappa shape index (κ1) is 13.8. The minimum Gasteiger partial charge on any atom is -0.298 e. The third-order valence-corrected chi connectivity index (χ3v) is 3.46. The minimum absolute atomic E-state index is 0.00523. The van der Waals surface area contributed by atoms with Gasteiger partial charge in [-0.15, -0.1) is 0 Å². The van der Waals surface area contributed by atoms with Crippen LogP contribution in [0.3, 0.4) is 0 Å². The van der Waals surface area contributed by atoms with Gasteiger partial charge in [0.2, 0.25) is 0 Å². The predicted molar refractivity (Wildman–Crippen MR) is 63.1 cm³/mol. The monoisotopic (exact) mass is 301 g/mol. The molecule has 1 rings (SSSR count). The number of carbonyl (C=O) groups is 1. The standard InChI is InChI=1S/C12H10BrF2NO/c1-7(17)11(13)10-3-2-9(12(14)15)6-8(10)4-5-16/h2-3,6,11-12H,4H2,1H3. The van der Waals surface area contributed by atoms with Gasteiger partial charge in [0.25, 0.3) is 6.43 Å². The summed E-state index contributed by atoms with van der Waals surface area (Å²) in [6.45, 7) is 1.40. The lowest BCUT2D eigenvalue weighted by molar-refractivity contribution is -0.116. The van der Waals surface area contributed by atoms with Crippen molar-refractivity contribution >= 4 is 21.7 Å². The molecule has 1 aromatic carbocycles. The first-order valence-corrected chi connectivity index (χ1v) is 5.81. The maximum atomic E-state index is 12.5. The zero-order valence-corrected chi connectivity index (χ0v) is 10.7. The molecular weight excluding hydrogens is 292 g/mol. The van der Waals surface area contributed by atoms with Crippen LogP contribution in [0.15, 0.2) is 18.2 Å². The number of hydrogen-bond acceptors (Lipinski definition) is 2. The Morgan fingerprint density at radius 3 is 2.65 bits per heavy atom. The van der Waals surface area contributed by atoms with Gasteiger partial charge >= 0.3 is 0 Å². The fraction of sp³-hybridized carbons (Fsp3) is 0.333. The van der Waals surface area contributed by atoms with Crippen LogP contribution in [0.25, 0.3) is 0 Å². The second-order valence-corrected chi connectivity index (χ2v) is 4.48. The molecule has 17 heavy (non-hydrogen) atoms. The van der Waals surface area contributed by atoms with E-state index in [0.29, 0.717) is 11.1 Å². The normalized spacial score (nSPS) is 12.2. The van der Waals surface area contributed by atoms with E-state index in [4.69, 9.17) is 5.26 Å². The number of nitrogens with zero attached hydrogens (tertiary/aromatic N) is 1. The Labute approximate surface area is 106 Å². The minimum atomic E-state index is -2.58. The van der Waals surface area contributed by atoms with Crippen LogP contribution in [0, 0.1) is 11.3 Å². The number of nitriles is 1. The van der Waals surface area contributed by atoms with E-state index in [2.05, 4.69) is 15.9 Å². The average molecular weight is 302 g/mol. The van der Waals surface area contributed by atoms with Gasteiger partial charge in [-0.05, 0) is 24.1 Å². The number of rotatable bonds is 4. The second kappa shape index (κ2) is 5.87. The van der Waals surface area contributed by atoms with E-state index in [-0.39, 0.29) is 17.8 Å². The molecule has 0 aliphatic rings. The van der Waals surface area contributed by atoms with Crippen molar-refractivity contribution in [3.8, 4) is 6.07 Å². The van der Waals surface area contributed by atoms with Gasteiger partial charge in [-0.3, -0.25) is 4.79 Å². The molecule has 5 heteroatoms. The lowest BCUT2D eigenvalue weighted by Crippen LogP contribution is -2.05. The summed E-state index contributed by atoms with van der Waals surface area (Å²) in [5.41, 5.74) is 0.896. The number of alkyl halides is 3. The Bertz CT molecular complexity index is 468. The maximum absolute atomic E-state index is 12.5. The van der Waals surface area contributed by atoms with Crippen molar-refractivity contribution in [2.45, 2.75) is 24.6 Å². The molecule has 0 saturated carbocycles. The van der Waals surface area contributed by atoms with E-state index in [0.717, 1.165) is 0 Å². The maximum Gasteiger partial charge on any atom is 0.263 e. The van der Waals surface area contributed by atoms with Gasteiger partial charge in [-0.25, -0.2) is 8.78 Å². The van der Waals surface area contributed by atoms with Crippen molar-refractivity contribution in [1.82, 2.24) is 0 Å². The Balaban J connectivity index is 3.22. The second-order valence-electron chi connectivity index (χ2n) is 3.57. The summed E-state index contributed by atoms with van der Waals surface area (Å²) in [4.78, 5) is 10.7. The van der Waals surface area contributed by atoms with Crippen LogP contribution in [-0.4, -0.2) is 5.78 Å². The van der Waals surface area contributed by atoms with Gasteiger partial charge in [-0.1, -0.05) is 28.1 Å². The summed E-state index contributed by atoms with van der Waals surface area (Å²) in [5.74, 6) is -0.131. The van der Waals surface area contributed by atoms with Gasteiger partial charge in [-0.2, -0.15) is 5.26 Å². The number of ketones is 1. The molecule has 0 bridgehead atoms. The number of carbonyl (C=O) groups excluding carboxylic acids is 1. The molecule has 0 saturated heterocycles. The highest BCUT2D eigenvalue weighted by Gasteiger charge is 2.18. The van der Waals surface area contributed by atoms with Crippen LogP contribution >= 0.6 is 15.9 Å². The van der Waals surface area contributed by atoms with Crippen LogP contribution in [0.2, 0.25) is 0 Å². The van der Waals surface area contributed by atoms with Crippen molar-refractivity contribution in [3.63, 3.8) is 0 Å². The third kappa shape index (κ3) is 3.34. The smallest absolute Gasteiger partial charge is 0.263 e. The summed E-state index contributed by atoms with van der Waals surface area (Å²) >= 11 is 3.19. The molecule has 0 heterocycles. The van der Waals surface area contributed by atoms with Crippen LogP contribution in [0.4, 0.5) is 8.78 Å². The summed E-state index contributed by atoms with van der Waals surface area (Å²) in [6, 6.07) is 5.93.